The normalized spacial score (nSPS) is 13.4. The van der Waals surface area contributed by atoms with Crippen molar-refractivity contribution in [1.82, 2.24) is 0 Å². The van der Waals surface area contributed by atoms with Crippen LogP contribution in [-0.4, -0.2) is 0 Å². The Balaban J connectivity index is 3.24. The molecule has 0 bridgehead atoms. The third kappa shape index (κ3) is 3.91. The molecule has 0 aliphatic rings. The van der Waals surface area contributed by atoms with Gasteiger partial charge in [0.25, 0.3) is 0 Å². The van der Waals surface area contributed by atoms with Gasteiger partial charge in [-0.3, -0.25) is 0 Å². The summed E-state index contributed by atoms with van der Waals surface area (Å²) in [5, 5.41) is 0. The molecule has 0 aromatic heterocycles. The highest BCUT2D eigenvalue weighted by Crippen LogP contribution is 2.10. The summed E-state index contributed by atoms with van der Waals surface area (Å²) < 4.78 is 0. The van der Waals surface area contributed by atoms with Gasteiger partial charge in [0.2, 0.25) is 0 Å². The summed E-state index contributed by atoms with van der Waals surface area (Å²) >= 11 is 0. The topological polar surface area (TPSA) is 0 Å². The summed E-state index contributed by atoms with van der Waals surface area (Å²) in [5.74, 6) is 0.764. The molecule has 0 aliphatic carbocycles. The Labute approximate surface area is 52.6 Å². The van der Waals surface area contributed by atoms with Crippen molar-refractivity contribution in [1.29, 1.82) is 0 Å². The molecule has 0 saturated heterocycles. The van der Waals surface area contributed by atoms with E-state index in [4.69, 9.17) is 6.58 Å². The average molecular weight is 111 g/mol. The second kappa shape index (κ2) is 3.71. The molecule has 0 fully saturated rings. The number of rotatable bonds is 3. The van der Waals surface area contributed by atoms with Gasteiger partial charge in [-0.2, -0.15) is 0 Å². The van der Waals surface area contributed by atoms with Crippen LogP contribution in [-0.2, 0) is 0 Å². The highest BCUT2D eigenvalue weighted by atomic mass is 14.0. The van der Waals surface area contributed by atoms with Crippen LogP contribution in [0.25, 0.3) is 0 Å². The molecule has 0 aromatic rings. The summed E-state index contributed by atoms with van der Waals surface area (Å²) in [6.07, 6.45) is 2.31. The number of allylic oxidation sites excluding steroid dienone is 1. The molecule has 0 saturated carbocycles. The van der Waals surface area contributed by atoms with Crippen LogP contribution < -0.4 is 0 Å². The van der Waals surface area contributed by atoms with Crippen LogP contribution in [0.2, 0.25) is 0 Å². The van der Waals surface area contributed by atoms with E-state index in [1.54, 1.807) is 0 Å². The van der Waals surface area contributed by atoms with Gasteiger partial charge < -0.3 is 0 Å². The van der Waals surface area contributed by atoms with Crippen molar-refractivity contribution in [2.75, 3.05) is 0 Å². The lowest BCUT2D eigenvalue weighted by Crippen LogP contribution is -1.90. The highest BCUT2D eigenvalue weighted by molar-refractivity contribution is 4.85. The standard InChI is InChI=1S/C8H15/c1-5-8(4)6-7(2)3/h2,8H,5-6H2,1,3-4H3. The Bertz CT molecular complexity index is 72.1. The van der Waals surface area contributed by atoms with Gasteiger partial charge in [-0.25, -0.2) is 0 Å². The van der Waals surface area contributed by atoms with Gasteiger partial charge in [-0.05, 0) is 19.3 Å². The van der Waals surface area contributed by atoms with Gasteiger partial charge in [0.05, 0.1) is 0 Å². The van der Waals surface area contributed by atoms with E-state index in [-0.39, 0.29) is 0 Å². The Morgan fingerprint density at radius 1 is 1.62 bits per heavy atom. The molecule has 0 heteroatoms. The van der Waals surface area contributed by atoms with Crippen LogP contribution in [0.3, 0.4) is 0 Å². The maximum atomic E-state index is 5.49. The molecule has 0 N–H and O–H groups in total. The molecule has 0 heterocycles. The van der Waals surface area contributed by atoms with E-state index < -0.39 is 0 Å². The molecule has 0 aliphatic heterocycles. The van der Waals surface area contributed by atoms with Crippen LogP contribution in [0, 0.1) is 12.5 Å². The van der Waals surface area contributed by atoms with Gasteiger partial charge in [0, 0.05) is 0 Å². The van der Waals surface area contributed by atoms with E-state index in [0.717, 1.165) is 17.9 Å². The van der Waals surface area contributed by atoms with Crippen LogP contribution in [0.5, 0.6) is 0 Å². The fourth-order valence-corrected chi connectivity index (χ4v) is 0.694. The lowest BCUT2D eigenvalue weighted by molar-refractivity contribution is 0.557. The lowest BCUT2D eigenvalue weighted by atomic mass is 10.0. The molecule has 1 atom stereocenters. The van der Waals surface area contributed by atoms with E-state index in [1.165, 1.54) is 6.42 Å². The first-order valence-corrected chi connectivity index (χ1v) is 3.24. The van der Waals surface area contributed by atoms with Crippen molar-refractivity contribution in [2.24, 2.45) is 5.92 Å². The van der Waals surface area contributed by atoms with Gasteiger partial charge in [0.15, 0.2) is 0 Å². The smallest absolute Gasteiger partial charge is 0.0294 e. The predicted molar refractivity (Wildman–Crippen MR) is 37.6 cm³/mol. The summed E-state index contributed by atoms with van der Waals surface area (Å²) in [6, 6.07) is 0. The van der Waals surface area contributed by atoms with Crippen molar-refractivity contribution in [2.45, 2.75) is 33.6 Å². The van der Waals surface area contributed by atoms with E-state index in [9.17, 15) is 0 Å². The Kier molecular flexibility index (Phi) is 3.59. The minimum absolute atomic E-state index is 0.764. The lowest BCUT2D eigenvalue weighted by Gasteiger charge is -2.05. The van der Waals surface area contributed by atoms with E-state index in [2.05, 4.69) is 13.8 Å². The Morgan fingerprint density at radius 2 is 2.12 bits per heavy atom. The first kappa shape index (κ1) is 7.74. The highest BCUT2D eigenvalue weighted by Gasteiger charge is 1.96. The molecule has 47 valence electrons. The van der Waals surface area contributed by atoms with Crippen LogP contribution in [0.4, 0.5) is 0 Å². The summed E-state index contributed by atoms with van der Waals surface area (Å²) in [6.45, 7) is 11.9. The van der Waals surface area contributed by atoms with Gasteiger partial charge in [0.1, 0.15) is 0 Å². The minimum atomic E-state index is 0.764. The van der Waals surface area contributed by atoms with Gasteiger partial charge in [-0.15, -0.1) is 0 Å². The monoisotopic (exact) mass is 111 g/mol. The van der Waals surface area contributed by atoms with Crippen molar-refractivity contribution in [3.63, 3.8) is 0 Å². The number of hydrogen-bond acceptors (Lipinski definition) is 0. The van der Waals surface area contributed by atoms with Gasteiger partial charge >= 0.3 is 0 Å². The van der Waals surface area contributed by atoms with Crippen molar-refractivity contribution >= 4 is 0 Å². The van der Waals surface area contributed by atoms with Crippen molar-refractivity contribution in [3.8, 4) is 0 Å². The fourth-order valence-electron chi connectivity index (χ4n) is 0.694. The molecule has 0 rings (SSSR count). The van der Waals surface area contributed by atoms with E-state index in [0.29, 0.717) is 0 Å². The summed E-state index contributed by atoms with van der Waals surface area (Å²) in [4.78, 5) is 0. The average Bonchev–Trinajstić information content (AvgIpc) is 1.65. The van der Waals surface area contributed by atoms with Crippen LogP contribution >= 0.6 is 0 Å². The zero-order valence-electron chi connectivity index (χ0n) is 6.07. The van der Waals surface area contributed by atoms with E-state index in [1.807, 2.05) is 6.92 Å². The maximum Gasteiger partial charge on any atom is -0.0294 e. The Morgan fingerprint density at radius 3 is 2.25 bits per heavy atom. The van der Waals surface area contributed by atoms with Crippen molar-refractivity contribution < 1.29 is 0 Å². The molecule has 1 unspecified atom stereocenters. The molecule has 0 amide bonds. The third-order valence-electron chi connectivity index (χ3n) is 1.37. The SMILES string of the molecule is [CH]=C(C)CC(C)CC. The molecule has 1 radical (unpaired) electrons. The largest absolute Gasteiger partial charge is 0.0731 e. The molecule has 8 heavy (non-hydrogen) atoms. The summed E-state index contributed by atoms with van der Waals surface area (Å²) in [5.41, 5.74) is 1.05. The second-order valence-electron chi connectivity index (χ2n) is 2.56. The molecular formula is C8H15. The minimum Gasteiger partial charge on any atom is -0.0731 e. The quantitative estimate of drug-likeness (QED) is 0.525. The van der Waals surface area contributed by atoms with Crippen LogP contribution in [0.1, 0.15) is 33.6 Å². The van der Waals surface area contributed by atoms with Gasteiger partial charge in [-0.1, -0.05) is 32.4 Å². The molecule has 0 aromatic carbocycles. The number of hydrogen-bond donors (Lipinski definition) is 0. The van der Waals surface area contributed by atoms with Crippen molar-refractivity contribution in [3.05, 3.63) is 12.2 Å². The molecule has 0 nitrogen and oxygen atoms in total. The first-order chi connectivity index (χ1) is 3.66. The predicted octanol–water partition coefficient (Wildman–Crippen LogP) is 2.80. The summed E-state index contributed by atoms with van der Waals surface area (Å²) in [7, 11) is 0. The maximum absolute atomic E-state index is 5.49. The zero-order chi connectivity index (χ0) is 6.57. The van der Waals surface area contributed by atoms with E-state index >= 15 is 0 Å². The van der Waals surface area contributed by atoms with Crippen LogP contribution in [0.15, 0.2) is 5.57 Å². The molecular weight excluding hydrogens is 96.1 g/mol. The first-order valence-electron chi connectivity index (χ1n) is 3.24. The second-order valence-corrected chi connectivity index (χ2v) is 2.56. The Hall–Kier alpha value is -0.260. The fraction of sp³-hybridized carbons (Fsp3) is 0.750. The third-order valence-corrected chi connectivity index (χ3v) is 1.37. The zero-order valence-corrected chi connectivity index (χ0v) is 6.07. The molecule has 0 spiro atoms.